The summed E-state index contributed by atoms with van der Waals surface area (Å²) in [5, 5.41) is 12.6. The molecule has 1 aromatic rings. The Morgan fingerprint density at radius 2 is 2.17 bits per heavy atom. The molecule has 1 N–H and O–H groups in total. The van der Waals surface area contributed by atoms with Gasteiger partial charge in [-0.05, 0) is 18.2 Å². The van der Waals surface area contributed by atoms with Crippen molar-refractivity contribution < 1.29 is 4.74 Å². The van der Waals surface area contributed by atoms with Gasteiger partial charge in [-0.3, -0.25) is 4.90 Å². The first-order valence-corrected chi connectivity index (χ1v) is 6.41. The predicted octanol–water partition coefficient (Wildman–Crippen LogP) is 1.96. The molecule has 0 radical (unpaired) electrons. The molecule has 18 heavy (non-hydrogen) atoms. The minimum Gasteiger partial charge on any atom is -0.384 e. The quantitative estimate of drug-likeness (QED) is 0.904. The number of benzene rings is 1. The Morgan fingerprint density at radius 3 is 2.83 bits per heavy atom. The molecule has 1 saturated heterocycles. The number of rotatable bonds is 4. The van der Waals surface area contributed by atoms with Gasteiger partial charge in [0.15, 0.2) is 0 Å². The van der Waals surface area contributed by atoms with Gasteiger partial charge < -0.3 is 10.1 Å². The van der Waals surface area contributed by atoms with E-state index in [9.17, 15) is 0 Å². The van der Waals surface area contributed by atoms with Crippen LogP contribution in [0.3, 0.4) is 0 Å². The number of halogens is 1. The summed E-state index contributed by atoms with van der Waals surface area (Å²) in [5.41, 5.74) is 1.46. The second-order valence-corrected chi connectivity index (χ2v) is 4.59. The fourth-order valence-electron chi connectivity index (χ4n) is 1.90. The van der Waals surface area contributed by atoms with Gasteiger partial charge >= 0.3 is 0 Å². The molecule has 1 aromatic carbocycles. The Balaban J connectivity index is 1.79. The van der Waals surface area contributed by atoms with Crippen molar-refractivity contribution in [2.75, 3.05) is 44.7 Å². The molecule has 0 aromatic heterocycles. The fraction of sp³-hybridized carbons (Fsp3) is 0.462. The summed E-state index contributed by atoms with van der Waals surface area (Å²) >= 11 is 5.97. The van der Waals surface area contributed by atoms with E-state index in [0.717, 1.165) is 45.1 Å². The van der Waals surface area contributed by atoms with Gasteiger partial charge in [0.25, 0.3) is 0 Å². The number of morpholine rings is 1. The Hall–Kier alpha value is -1.28. The maximum atomic E-state index is 8.78. The van der Waals surface area contributed by atoms with Crippen LogP contribution in [0, 0.1) is 11.3 Å². The topological polar surface area (TPSA) is 48.3 Å². The zero-order valence-electron chi connectivity index (χ0n) is 10.2. The van der Waals surface area contributed by atoms with Crippen molar-refractivity contribution in [2.45, 2.75) is 0 Å². The second kappa shape index (κ2) is 6.60. The molecule has 96 valence electrons. The number of nitrogens with zero attached hydrogens (tertiary/aromatic N) is 2. The van der Waals surface area contributed by atoms with Gasteiger partial charge in [-0.2, -0.15) is 5.26 Å². The van der Waals surface area contributed by atoms with Crippen LogP contribution >= 0.6 is 11.6 Å². The van der Waals surface area contributed by atoms with E-state index >= 15 is 0 Å². The van der Waals surface area contributed by atoms with E-state index in [1.807, 2.05) is 12.1 Å². The van der Waals surface area contributed by atoms with Crippen molar-refractivity contribution in [3.8, 4) is 6.07 Å². The Kier molecular flexibility index (Phi) is 4.82. The van der Waals surface area contributed by atoms with Gasteiger partial charge in [0.1, 0.15) is 6.07 Å². The Labute approximate surface area is 112 Å². The van der Waals surface area contributed by atoms with Gasteiger partial charge in [-0.25, -0.2) is 0 Å². The van der Waals surface area contributed by atoms with Crippen LogP contribution < -0.4 is 5.32 Å². The molecule has 0 unspecified atom stereocenters. The lowest BCUT2D eigenvalue weighted by Crippen LogP contribution is -2.38. The average molecular weight is 266 g/mol. The predicted molar refractivity (Wildman–Crippen MR) is 71.9 cm³/mol. The minimum atomic E-state index is 0.494. The molecule has 0 spiro atoms. The molecule has 4 nitrogen and oxygen atoms in total. The van der Waals surface area contributed by atoms with Crippen molar-refractivity contribution in [1.82, 2.24) is 4.90 Å². The van der Waals surface area contributed by atoms with Crippen LogP contribution in [-0.2, 0) is 4.74 Å². The lowest BCUT2D eigenvalue weighted by molar-refractivity contribution is 0.0398. The van der Waals surface area contributed by atoms with Crippen molar-refractivity contribution in [1.29, 1.82) is 5.26 Å². The summed E-state index contributed by atoms with van der Waals surface area (Å²) in [5.74, 6) is 0. The maximum absolute atomic E-state index is 8.78. The number of nitrogens with one attached hydrogen (secondary N) is 1. The fourth-order valence-corrected chi connectivity index (χ4v) is 2.12. The van der Waals surface area contributed by atoms with E-state index in [1.165, 1.54) is 0 Å². The van der Waals surface area contributed by atoms with Crippen LogP contribution in [0.5, 0.6) is 0 Å². The molecule has 1 aliphatic heterocycles. The van der Waals surface area contributed by atoms with Crippen LogP contribution in [0.1, 0.15) is 5.56 Å². The summed E-state index contributed by atoms with van der Waals surface area (Å²) in [7, 11) is 0. The van der Waals surface area contributed by atoms with Crippen LogP contribution in [-0.4, -0.2) is 44.3 Å². The molecule has 0 atom stereocenters. The third kappa shape index (κ3) is 3.61. The standard InChI is InChI=1S/C13H16ClN3O/c14-13-9-12(2-1-11(13)10-15)16-3-4-17-5-7-18-8-6-17/h1-2,9,16H,3-8H2. The number of hydrogen-bond donors (Lipinski definition) is 1. The third-order valence-corrected chi connectivity index (χ3v) is 3.26. The van der Waals surface area contributed by atoms with Gasteiger partial charge in [-0.15, -0.1) is 0 Å². The molecule has 2 rings (SSSR count). The van der Waals surface area contributed by atoms with Crippen molar-refractivity contribution in [3.63, 3.8) is 0 Å². The number of nitriles is 1. The summed E-state index contributed by atoms with van der Waals surface area (Å²) in [6.07, 6.45) is 0. The highest BCUT2D eigenvalue weighted by atomic mass is 35.5. The summed E-state index contributed by atoms with van der Waals surface area (Å²) in [6.45, 7) is 5.49. The van der Waals surface area contributed by atoms with Crippen LogP contribution in [0.4, 0.5) is 5.69 Å². The molecule has 1 fully saturated rings. The molecular weight excluding hydrogens is 250 g/mol. The number of hydrogen-bond acceptors (Lipinski definition) is 4. The smallest absolute Gasteiger partial charge is 0.101 e. The molecule has 0 saturated carbocycles. The highest BCUT2D eigenvalue weighted by Gasteiger charge is 2.09. The van der Waals surface area contributed by atoms with Gasteiger partial charge in [-0.1, -0.05) is 11.6 Å². The van der Waals surface area contributed by atoms with E-state index in [4.69, 9.17) is 21.6 Å². The van der Waals surface area contributed by atoms with E-state index in [0.29, 0.717) is 10.6 Å². The van der Waals surface area contributed by atoms with Crippen molar-refractivity contribution in [3.05, 3.63) is 28.8 Å². The zero-order valence-corrected chi connectivity index (χ0v) is 10.9. The lowest BCUT2D eigenvalue weighted by atomic mass is 10.2. The van der Waals surface area contributed by atoms with Gasteiger partial charge in [0, 0.05) is 31.9 Å². The first-order chi connectivity index (χ1) is 8.79. The zero-order chi connectivity index (χ0) is 12.8. The SMILES string of the molecule is N#Cc1ccc(NCCN2CCOCC2)cc1Cl. The van der Waals surface area contributed by atoms with E-state index < -0.39 is 0 Å². The summed E-state index contributed by atoms with van der Waals surface area (Å²) in [6, 6.07) is 7.45. The maximum Gasteiger partial charge on any atom is 0.101 e. The monoisotopic (exact) mass is 265 g/mol. The second-order valence-electron chi connectivity index (χ2n) is 4.19. The Morgan fingerprint density at radius 1 is 1.39 bits per heavy atom. The first-order valence-electron chi connectivity index (χ1n) is 6.03. The Bertz CT molecular complexity index is 438. The molecule has 0 bridgehead atoms. The number of anilines is 1. The third-order valence-electron chi connectivity index (χ3n) is 2.95. The van der Waals surface area contributed by atoms with E-state index in [1.54, 1.807) is 12.1 Å². The van der Waals surface area contributed by atoms with Crippen molar-refractivity contribution >= 4 is 17.3 Å². The lowest BCUT2D eigenvalue weighted by Gasteiger charge is -2.26. The van der Waals surface area contributed by atoms with Crippen LogP contribution in [0.2, 0.25) is 5.02 Å². The number of ether oxygens (including phenoxy) is 1. The molecule has 1 heterocycles. The van der Waals surface area contributed by atoms with Gasteiger partial charge in [0.2, 0.25) is 0 Å². The van der Waals surface area contributed by atoms with E-state index in [-0.39, 0.29) is 0 Å². The summed E-state index contributed by atoms with van der Waals surface area (Å²) < 4.78 is 5.30. The molecule has 5 heteroatoms. The highest BCUT2D eigenvalue weighted by molar-refractivity contribution is 6.32. The molecule has 0 aliphatic carbocycles. The molecule has 1 aliphatic rings. The van der Waals surface area contributed by atoms with Crippen molar-refractivity contribution in [2.24, 2.45) is 0 Å². The normalized spacial score (nSPS) is 16.2. The van der Waals surface area contributed by atoms with Crippen LogP contribution in [0.15, 0.2) is 18.2 Å². The largest absolute Gasteiger partial charge is 0.384 e. The van der Waals surface area contributed by atoms with E-state index in [2.05, 4.69) is 10.2 Å². The minimum absolute atomic E-state index is 0.494. The molecular formula is C13H16ClN3O. The summed E-state index contributed by atoms with van der Waals surface area (Å²) in [4.78, 5) is 2.36. The van der Waals surface area contributed by atoms with Crippen LogP contribution in [0.25, 0.3) is 0 Å². The highest BCUT2D eigenvalue weighted by Crippen LogP contribution is 2.19. The first kappa shape index (κ1) is 13.2. The molecule has 0 amide bonds. The van der Waals surface area contributed by atoms with Gasteiger partial charge in [0.05, 0.1) is 23.8 Å². The average Bonchev–Trinajstić information content (AvgIpc) is 2.40.